The Kier molecular flexibility index (Phi) is 3.50. The molecule has 0 aromatic carbocycles. The van der Waals surface area contributed by atoms with Crippen molar-refractivity contribution in [2.45, 2.75) is 31.2 Å². The number of aromatic amines is 1. The standard InChI is InChI=1S/C18H15FN8/c19-13-5-10(7-20)8-22-16(13)24-12-2-1-11(6-12)18-26-25-15-9-23-17-14(27(15)18)3-4-21-17/h3-5,8-9,11-12,21H,1-2,6H2,(H,22,24)/t11-,12+/m1/s1. The monoisotopic (exact) mass is 362 g/mol. The Bertz CT molecular complexity index is 1190. The van der Waals surface area contributed by atoms with E-state index in [-0.39, 0.29) is 23.3 Å². The van der Waals surface area contributed by atoms with Gasteiger partial charge in [0.15, 0.2) is 22.9 Å². The molecule has 5 rings (SSSR count). The summed E-state index contributed by atoms with van der Waals surface area (Å²) in [5, 5.41) is 20.6. The minimum Gasteiger partial charge on any atom is -0.365 e. The summed E-state index contributed by atoms with van der Waals surface area (Å²) in [7, 11) is 0. The van der Waals surface area contributed by atoms with Gasteiger partial charge in [0.1, 0.15) is 11.9 Å². The molecule has 1 fully saturated rings. The lowest BCUT2D eigenvalue weighted by atomic mass is 10.1. The Balaban J connectivity index is 1.41. The molecule has 0 radical (unpaired) electrons. The van der Waals surface area contributed by atoms with Crippen LogP contribution in [-0.2, 0) is 0 Å². The summed E-state index contributed by atoms with van der Waals surface area (Å²) in [6, 6.07) is 5.13. The minimum atomic E-state index is -0.509. The van der Waals surface area contributed by atoms with Crippen LogP contribution in [0.1, 0.15) is 36.6 Å². The Labute approximate surface area is 153 Å². The van der Waals surface area contributed by atoms with Crippen LogP contribution in [0.4, 0.5) is 10.2 Å². The first kappa shape index (κ1) is 15.7. The molecule has 8 nitrogen and oxygen atoms in total. The molecule has 0 aliphatic heterocycles. The molecule has 2 atom stereocenters. The third-order valence-electron chi connectivity index (χ3n) is 5.08. The minimum absolute atomic E-state index is 0.0841. The van der Waals surface area contributed by atoms with Crippen LogP contribution < -0.4 is 5.32 Å². The van der Waals surface area contributed by atoms with Crippen molar-refractivity contribution >= 4 is 22.6 Å². The number of fused-ring (bicyclic) bond motifs is 3. The first-order valence-electron chi connectivity index (χ1n) is 8.72. The van der Waals surface area contributed by atoms with Crippen molar-refractivity contribution in [2.75, 3.05) is 5.32 Å². The largest absolute Gasteiger partial charge is 0.365 e. The fourth-order valence-electron chi connectivity index (χ4n) is 3.81. The zero-order chi connectivity index (χ0) is 18.4. The highest BCUT2D eigenvalue weighted by atomic mass is 19.1. The molecule has 0 saturated heterocycles. The summed E-state index contributed by atoms with van der Waals surface area (Å²) in [4.78, 5) is 11.5. The maximum absolute atomic E-state index is 14.1. The summed E-state index contributed by atoms with van der Waals surface area (Å²) in [6.07, 6.45) is 7.53. The predicted octanol–water partition coefficient (Wildman–Crippen LogP) is 2.76. The van der Waals surface area contributed by atoms with E-state index in [0.717, 1.165) is 36.3 Å². The predicted molar refractivity (Wildman–Crippen MR) is 95.6 cm³/mol. The maximum Gasteiger partial charge on any atom is 0.179 e. The number of nitrogens with zero attached hydrogens (tertiary/aromatic N) is 6. The van der Waals surface area contributed by atoms with Gasteiger partial charge in [-0.05, 0) is 31.4 Å². The van der Waals surface area contributed by atoms with Crippen LogP contribution in [0.3, 0.4) is 0 Å². The van der Waals surface area contributed by atoms with E-state index >= 15 is 0 Å². The summed E-state index contributed by atoms with van der Waals surface area (Å²) in [5.41, 5.74) is 2.67. The second kappa shape index (κ2) is 6.02. The summed E-state index contributed by atoms with van der Waals surface area (Å²) in [5.74, 6) is 0.780. The van der Waals surface area contributed by atoms with E-state index in [0.29, 0.717) is 5.65 Å². The van der Waals surface area contributed by atoms with Crippen molar-refractivity contribution < 1.29 is 4.39 Å². The van der Waals surface area contributed by atoms with E-state index in [9.17, 15) is 4.39 Å². The average molecular weight is 362 g/mol. The van der Waals surface area contributed by atoms with Gasteiger partial charge in [-0.1, -0.05) is 0 Å². The van der Waals surface area contributed by atoms with Crippen molar-refractivity contribution in [3.63, 3.8) is 0 Å². The van der Waals surface area contributed by atoms with Gasteiger partial charge in [-0.15, -0.1) is 10.2 Å². The molecule has 0 bridgehead atoms. The first-order chi connectivity index (χ1) is 13.2. The summed E-state index contributed by atoms with van der Waals surface area (Å²) >= 11 is 0. The van der Waals surface area contributed by atoms with Gasteiger partial charge >= 0.3 is 0 Å². The Morgan fingerprint density at radius 3 is 3.04 bits per heavy atom. The van der Waals surface area contributed by atoms with Crippen LogP contribution in [0, 0.1) is 17.1 Å². The highest BCUT2D eigenvalue weighted by molar-refractivity contribution is 5.74. The molecule has 1 aliphatic rings. The number of rotatable bonds is 3. The third kappa shape index (κ3) is 2.57. The van der Waals surface area contributed by atoms with E-state index in [1.54, 1.807) is 6.20 Å². The molecule has 2 N–H and O–H groups in total. The van der Waals surface area contributed by atoms with Crippen molar-refractivity contribution in [3.05, 3.63) is 47.9 Å². The second-order valence-corrected chi connectivity index (χ2v) is 6.74. The molecule has 1 aliphatic carbocycles. The van der Waals surface area contributed by atoms with Gasteiger partial charge in [0.05, 0.1) is 17.3 Å². The van der Waals surface area contributed by atoms with Gasteiger partial charge < -0.3 is 10.3 Å². The van der Waals surface area contributed by atoms with Crippen molar-refractivity contribution in [1.29, 1.82) is 5.26 Å². The highest BCUT2D eigenvalue weighted by Gasteiger charge is 2.30. The number of hydrogen-bond acceptors (Lipinski definition) is 6. The van der Waals surface area contributed by atoms with Crippen LogP contribution in [-0.4, -0.2) is 35.6 Å². The van der Waals surface area contributed by atoms with Crippen LogP contribution in [0.2, 0.25) is 0 Å². The van der Waals surface area contributed by atoms with Crippen molar-refractivity contribution in [3.8, 4) is 6.07 Å². The molecule has 4 heterocycles. The molecule has 0 unspecified atom stereocenters. The quantitative estimate of drug-likeness (QED) is 0.580. The molecule has 4 aromatic heterocycles. The molecular formula is C18H15FN8. The molecule has 134 valence electrons. The third-order valence-corrected chi connectivity index (χ3v) is 5.08. The van der Waals surface area contributed by atoms with Crippen molar-refractivity contribution in [2.24, 2.45) is 0 Å². The number of nitriles is 1. The highest BCUT2D eigenvalue weighted by Crippen LogP contribution is 2.36. The number of halogens is 1. The van der Waals surface area contributed by atoms with E-state index in [1.807, 2.05) is 22.7 Å². The Morgan fingerprint density at radius 2 is 2.19 bits per heavy atom. The molecule has 9 heteroatoms. The van der Waals surface area contributed by atoms with E-state index < -0.39 is 5.82 Å². The molecular weight excluding hydrogens is 347 g/mol. The lowest BCUT2D eigenvalue weighted by molar-refractivity contribution is 0.613. The smallest absolute Gasteiger partial charge is 0.179 e. The van der Waals surface area contributed by atoms with Gasteiger partial charge in [0.2, 0.25) is 0 Å². The number of anilines is 1. The number of hydrogen-bond donors (Lipinski definition) is 2. The average Bonchev–Trinajstić information content (AvgIpc) is 3.41. The van der Waals surface area contributed by atoms with Gasteiger partial charge in [-0.25, -0.2) is 14.4 Å². The molecule has 4 aromatic rings. The summed E-state index contributed by atoms with van der Waals surface area (Å²) < 4.78 is 16.1. The first-order valence-corrected chi connectivity index (χ1v) is 8.72. The number of nitrogens with one attached hydrogen (secondary N) is 2. The number of aromatic nitrogens is 6. The normalized spacial score (nSPS) is 19.6. The molecule has 0 amide bonds. The molecule has 1 saturated carbocycles. The Morgan fingerprint density at radius 1 is 1.26 bits per heavy atom. The van der Waals surface area contributed by atoms with Gasteiger partial charge in [-0.3, -0.25) is 4.40 Å². The zero-order valence-corrected chi connectivity index (χ0v) is 14.2. The van der Waals surface area contributed by atoms with E-state index in [2.05, 4.69) is 30.5 Å². The van der Waals surface area contributed by atoms with Crippen LogP contribution in [0.5, 0.6) is 0 Å². The topological polar surface area (TPSA) is 108 Å². The van der Waals surface area contributed by atoms with E-state index in [4.69, 9.17) is 5.26 Å². The van der Waals surface area contributed by atoms with Gasteiger partial charge in [0.25, 0.3) is 0 Å². The fraction of sp³-hybridized carbons (Fsp3) is 0.278. The number of H-pyrrole nitrogens is 1. The molecule has 27 heavy (non-hydrogen) atoms. The number of pyridine rings is 1. The van der Waals surface area contributed by atoms with Gasteiger partial charge in [-0.2, -0.15) is 5.26 Å². The Hall–Kier alpha value is -3.54. The van der Waals surface area contributed by atoms with Crippen LogP contribution in [0.25, 0.3) is 16.8 Å². The van der Waals surface area contributed by atoms with Crippen LogP contribution >= 0.6 is 0 Å². The van der Waals surface area contributed by atoms with Crippen molar-refractivity contribution in [1.82, 2.24) is 29.5 Å². The lowest BCUT2D eigenvalue weighted by Gasteiger charge is -2.14. The van der Waals surface area contributed by atoms with Crippen LogP contribution in [0.15, 0.2) is 30.7 Å². The lowest BCUT2D eigenvalue weighted by Crippen LogP contribution is -2.17. The molecule has 0 spiro atoms. The van der Waals surface area contributed by atoms with Gasteiger partial charge in [0, 0.05) is 24.4 Å². The fourth-order valence-corrected chi connectivity index (χ4v) is 3.81. The zero-order valence-electron chi connectivity index (χ0n) is 14.2. The second-order valence-electron chi connectivity index (χ2n) is 6.74. The maximum atomic E-state index is 14.1. The summed E-state index contributed by atoms with van der Waals surface area (Å²) in [6.45, 7) is 0. The SMILES string of the molecule is N#Cc1cnc(N[C@H]2CC[C@@H](c3nnc4cnc5[nH]ccc5n34)C2)c(F)c1. The van der Waals surface area contributed by atoms with E-state index in [1.165, 1.54) is 12.3 Å².